The number of Topliss-reactive ketones (excluding diaryl/α,β-unsaturated/α-hetero) is 1. The highest BCUT2D eigenvalue weighted by Crippen LogP contribution is 2.29. The highest BCUT2D eigenvalue weighted by molar-refractivity contribution is 5.97. The zero-order valence-electron chi connectivity index (χ0n) is 23.3. The van der Waals surface area contributed by atoms with Crippen molar-refractivity contribution in [2.45, 2.75) is 33.2 Å². The van der Waals surface area contributed by atoms with E-state index in [-0.39, 0.29) is 29.5 Å². The summed E-state index contributed by atoms with van der Waals surface area (Å²) >= 11 is 0. The van der Waals surface area contributed by atoms with Crippen molar-refractivity contribution in [3.63, 3.8) is 0 Å². The van der Waals surface area contributed by atoms with Crippen molar-refractivity contribution in [1.29, 1.82) is 0 Å². The van der Waals surface area contributed by atoms with Crippen LogP contribution in [0.25, 0.3) is 16.9 Å². The molecule has 0 bridgehead atoms. The minimum Gasteiger partial charge on any atom is -0.454 e. The standard InChI is InChI=1S/C31H27F2N5O4/c1-18(2)37-17-25(30(40)38(31(37)41)22-8-6-21(32)7-9-22)28(39)14-20-5-10-29(26(33)13-20)42-23-11-12-34-27(15-23)24-16-36(4)35-19(24)3/h5-13,15-18H,14H2,1-4H3. The van der Waals surface area contributed by atoms with Gasteiger partial charge in [0.1, 0.15) is 17.1 Å². The molecule has 3 heterocycles. The van der Waals surface area contributed by atoms with E-state index in [2.05, 4.69) is 10.1 Å². The fraction of sp³-hybridized carbons (Fsp3) is 0.194. The number of hydrogen-bond donors (Lipinski definition) is 0. The number of rotatable bonds is 8. The molecule has 0 aliphatic heterocycles. The summed E-state index contributed by atoms with van der Waals surface area (Å²) in [6.07, 6.45) is 4.30. The SMILES string of the molecule is Cc1nn(C)cc1-c1cc(Oc2ccc(CC(=O)c3cn(C(C)C)c(=O)n(-c4ccc(F)cc4)c3=O)cc2F)ccn1. The van der Waals surface area contributed by atoms with Crippen LogP contribution in [0.5, 0.6) is 11.5 Å². The van der Waals surface area contributed by atoms with Crippen molar-refractivity contribution >= 4 is 5.78 Å². The number of nitrogens with zero attached hydrogens (tertiary/aromatic N) is 5. The number of ketones is 1. The van der Waals surface area contributed by atoms with Crippen LogP contribution in [0.2, 0.25) is 0 Å². The number of pyridine rings is 1. The van der Waals surface area contributed by atoms with Gasteiger partial charge in [0.2, 0.25) is 0 Å². The third-order valence-electron chi connectivity index (χ3n) is 6.67. The molecular weight excluding hydrogens is 544 g/mol. The minimum atomic E-state index is -0.841. The van der Waals surface area contributed by atoms with Crippen LogP contribution >= 0.6 is 0 Å². The number of benzene rings is 2. The van der Waals surface area contributed by atoms with Gasteiger partial charge < -0.3 is 4.74 Å². The lowest BCUT2D eigenvalue weighted by Gasteiger charge is -2.15. The van der Waals surface area contributed by atoms with Crippen molar-refractivity contribution in [2.24, 2.45) is 7.05 Å². The Bertz CT molecular complexity index is 1920. The summed E-state index contributed by atoms with van der Waals surface area (Å²) in [4.78, 5) is 44.0. The summed E-state index contributed by atoms with van der Waals surface area (Å²) in [5.41, 5.74) is 0.908. The van der Waals surface area contributed by atoms with Gasteiger partial charge >= 0.3 is 5.69 Å². The van der Waals surface area contributed by atoms with Gasteiger partial charge in [-0.2, -0.15) is 5.10 Å². The summed E-state index contributed by atoms with van der Waals surface area (Å²) in [5, 5.41) is 4.31. The monoisotopic (exact) mass is 571 g/mol. The third-order valence-corrected chi connectivity index (χ3v) is 6.67. The highest BCUT2D eigenvalue weighted by Gasteiger charge is 2.21. The number of carbonyl (C=O) groups is 1. The average molecular weight is 572 g/mol. The van der Waals surface area contributed by atoms with E-state index in [0.29, 0.717) is 17.0 Å². The summed E-state index contributed by atoms with van der Waals surface area (Å²) in [5.74, 6) is -1.54. The topological polar surface area (TPSA) is 101 Å². The Labute approximate surface area is 239 Å². The predicted molar refractivity (Wildman–Crippen MR) is 152 cm³/mol. The second kappa shape index (κ2) is 11.4. The van der Waals surface area contributed by atoms with Crippen molar-refractivity contribution in [3.05, 3.63) is 122 Å². The van der Waals surface area contributed by atoms with Gasteiger partial charge in [-0.25, -0.2) is 18.1 Å². The molecule has 0 spiro atoms. The number of aryl methyl sites for hydroxylation is 2. The first-order chi connectivity index (χ1) is 20.0. The van der Waals surface area contributed by atoms with Crippen LogP contribution in [0.4, 0.5) is 8.78 Å². The van der Waals surface area contributed by atoms with Crippen molar-refractivity contribution in [1.82, 2.24) is 23.9 Å². The molecule has 11 heteroatoms. The molecule has 0 atom stereocenters. The molecule has 0 unspecified atom stereocenters. The Kier molecular flexibility index (Phi) is 7.66. The molecule has 42 heavy (non-hydrogen) atoms. The molecule has 214 valence electrons. The van der Waals surface area contributed by atoms with Crippen LogP contribution in [0.15, 0.2) is 82.8 Å². The fourth-order valence-electron chi connectivity index (χ4n) is 4.57. The third kappa shape index (κ3) is 5.67. The van der Waals surface area contributed by atoms with Crippen LogP contribution in [0, 0.1) is 18.6 Å². The molecule has 0 radical (unpaired) electrons. The molecule has 9 nitrogen and oxygen atoms in total. The van der Waals surface area contributed by atoms with Gasteiger partial charge in [-0.15, -0.1) is 0 Å². The van der Waals surface area contributed by atoms with E-state index in [9.17, 15) is 18.8 Å². The second-order valence-corrected chi connectivity index (χ2v) is 10.1. The molecule has 0 fully saturated rings. The zero-order chi connectivity index (χ0) is 30.1. The van der Waals surface area contributed by atoms with Crippen LogP contribution in [0.1, 0.15) is 41.5 Å². The normalized spacial score (nSPS) is 11.2. The van der Waals surface area contributed by atoms with Crippen molar-refractivity contribution in [3.8, 4) is 28.4 Å². The molecule has 0 aliphatic rings. The number of hydrogen-bond acceptors (Lipinski definition) is 6. The van der Waals surface area contributed by atoms with E-state index in [1.807, 2.05) is 13.1 Å². The number of carbonyl (C=O) groups excluding carboxylic acids is 1. The lowest BCUT2D eigenvalue weighted by atomic mass is 10.0. The molecule has 5 rings (SSSR count). The lowest BCUT2D eigenvalue weighted by molar-refractivity contribution is 0.0990. The van der Waals surface area contributed by atoms with E-state index in [4.69, 9.17) is 4.74 Å². The first-order valence-corrected chi connectivity index (χ1v) is 13.1. The van der Waals surface area contributed by atoms with E-state index in [1.165, 1.54) is 35.0 Å². The number of ether oxygens (including phenoxy) is 1. The first-order valence-electron chi connectivity index (χ1n) is 13.1. The van der Waals surface area contributed by atoms with Gasteiger partial charge in [-0.1, -0.05) is 6.07 Å². The fourth-order valence-corrected chi connectivity index (χ4v) is 4.57. The van der Waals surface area contributed by atoms with E-state index < -0.39 is 28.7 Å². The molecule has 0 amide bonds. The first kappa shape index (κ1) is 28.3. The molecule has 0 aliphatic carbocycles. The van der Waals surface area contributed by atoms with Gasteiger partial charge in [-0.05, 0) is 68.8 Å². The molecule has 2 aromatic carbocycles. The average Bonchev–Trinajstić information content (AvgIpc) is 3.29. The maximum Gasteiger partial charge on any atom is 0.335 e. The molecular formula is C31H27F2N5O4. The molecule has 5 aromatic rings. The van der Waals surface area contributed by atoms with Crippen LogP contribution in [-0.4, -0.2) is 29.7 Å². The van der Waals surface area contributed by atoms with Gasteiger partial charge in [0.15, 0.2) is 17.3 Å². The zero-order valence-corrected chi connectivity index (χ0v) is 23.3. The maximum atomic E-state index is 15.1. The summed E-state index contributed by atoms with van der Waals surface area (Å²) in [7, 11) is 1.81. The second-order valence-electron chi connectivity index (χ2n) is 10.1. The highest BCUT2D eigenvalue weighted by atomic mass is 19.1. The maximum absolute atomic E-state index is 15.1. The minimum absolute atomic E-state index is 0.0571. The number of halogens is 2. The lowest BCUT2D eigenvalue weighted by Crippen LogP contribution is -2.42. The number of aromatic nitrogens is 5. The molecule has 3 aromatic heterocycles. The van der Waals surface area contributed by atoms with E-state index in [0.717, 1.165) is 34.0 Å². The van der Waals surface area contributed by atoms with Gasteiger partial charge in [0, 0.05) is 49.7 Å². The van der Waals surface area contributed by atoms with E-state index in [1.54, 1.807) is 43.9 Å². The quantitative estimate of drug-likeness (QED) is 0.238. The van der Waals surface area contributed by atoms with Gasteiger partial charge in [-0.3, -0.25) is 23.8 Å². The summed E-state index contributed by atoms with van der Waals surface area (Å²) < 4.78 is 38.1. The Morgan fingerprint density at radius 3 is 2.38 bits per heavy atom. The largest absolute Gasteiger partial charge is 0.454 e. The molecule has 0 saturated carbocycles. The Balaban J connectivity index is 1.41. The summed E-state index contributed by atoms with van der Waals surface area (Å²) in [6, 6.07) is 11.8. The van der Waals surface area contributed by atoms with Gasteiger partial charge in [0.05, 0.1) is 17.1 Å². The smallest absolute Gasteiger partial charge is 0.335 e. The molecule has 0 N–H and O–H groups in total. The van der Waals surface area contributed by atoms with E-state index >= 15 is 4.39 Å². The van der Waals surface area contributed by atoms with Crippen molar-refractivity contribution < 1.29 is 18.3 Å². The Hall–Kier alpha value is -5.19. The molecule has 0 saturated heterocycles. The Morgan fingerprint density at radius 1 is 1.00 bits per heavy atom. The Morgan fingerprint density at radius 2 is 1.74 bits per heavy atom. The summed E-state index contributed by atoms with van der Waals surface area (Å²) in [6.45, 7) is 5.32. The van der Waals surface area contributed by atoms with Crippen LogP contribution in [-0.2, 0) is 13.5 Å². The van der Waals surface area contributed by atoms with Crippen molar-refractivity contribution in [2.75, 3.05) is 0 Å². The predicted octanol–water partition coefficient (Wildman–Crippen LogP) is 5.18. The van der Waals surface area contributed by atoms with Crippen LogP contribution in [0.3, 0.4) is 0 Å². The van der Waals surface area contributed by atoms with Crippen LogP contribution < -0.4 is 16.0 Å². The van der Waals surface area contributed by atoms with Gasteiger partial charge in [0.25, 0.3) is 5.56 Å².